The lowest BCUT2D eigenvalue weighted by molar-refractivity contribution is -0.137. The maximum absolute atomic E-state index is 13.3. The fourth-order valence-corrected chi connectivity index (χ4v) is 4.84. The van der Waals surface area contributed by atoms with Crippen molar-refractivity contribution in [3.63, 3.8) is 0 Å². The number of alkyl halides is 3. The molecule has 1 unspecified atom stereocenters. The van der Waals surface area contributed by atoms with Gasteiger partial charge in [-0.2, -0.15) is 13.2 Å². The van der Waals surface area contributed by atoms with Gasteiger partial charge >= 0.3 is 6.18 Å². The Morgan fingerprint density at radius 2 is 1.47 bits per heavy atom. The summed E-state index contributed by atoms with van der Waals surface area (Å²) < 4.78 is 39.1. The number of hydrogen-bond acceptors (Lipinski definition) is 4. The number of hydrogen-bond donors (Lipinski definition) is 3. The second-order valence-electron chi connectivity index (χ2n) is 9.24. The van der Waals surface area contributed by atoms with Gasteiger partial charge in [0.25, 0.3) is 11.8 Å². The van der Waals surface area contributed by atoms with E-state index in [0.717, 1.165) is 23.9 Å². The van der Waals surface area contributed by atoms with Crippen LogP contribution in [-0.2, 0) is 15.8 Å². The number of benzene rings is 4. The zero-order valence-corrected chi connectivity index (χ0v) is 24.2. The molecule has 43 heavy (non-hydrogen) atoms. The lowest BCUT2D eigenvalue weighted by Gasteiger charge is -2.15. The maximum atomic E-state index is 13.3. The standard InChI is InChI=1S/C32H25ClF3N3O3S/c1-20(29(40)37-25-10-5-9-23(18-25)32(34,35)36)43-27-12-6-11-26(19-27)38-31(42)28(17-21-13-15-24(33)16-14-21)39-30(41)22-7-3-2-4-8-22/h2-20H,1H3,(H,37,40)(H,38,42)(H,39,41)/b28-17-. The highest BCUT2D eigenvalue weighted by Crippen LogP contribution is 2.31. The van der Waals surface area contributed by atoms with Crippen LogP contribution < -0.4 is 16.0 Å². The third-order valence-electron chi connectivity index (χ3n) is 5.94. The number of amides is 3. The van der Waals surface area contributed by atoms with Gasteiger partial charge in [-0.3, -0.25) is 14.4 Å². The molecule has 0 spiro atoms. The monoisotopic (exact) mass is 623 g/mol. The molecule has 0 aliphatic rings. The summed E-state index contributed by atoms with van der Waals surface area (Å²) in [6.45, 7) is 1.62. The molecular weight excluding hydrogens is 599 g/mol. The van der Waals surface area contributed by atoms with Crippen LogP contribution in [0.5, 0.6) is 0 Å². The molecule has 0 radical (unpaired) electrons. The summed E-state index contributed by atoms with van der Waals surface area (Å²) in [7, 11) is 0. The topological polar surface area (TPSA) is 87.3 Å². The number of rotatable bonds is 9. The van der Waals surface area contributed by atoms with Crippen LogP contribution >= 0.6 is 23.4 Å². The predicted molar refractivity (Wildman–Crippen MR) is 164 cm³/mol. The number of thioether (sulfide) groups is 1. The first kappa shape index (κ1) is 31.4. The zero-order valence-electron chi connectivity index (χ0n) is 22.6. The van der Waals surface area contributed by atoms with Gasteiger partial charge in [0.15, 0.2) is 0 Å². The van der Waals surface area contributed by atoms with Gasteiger partial charge in [0.05, 0.1) is 10.8 Å². The van der Waals surface area contributed by atoms with E-state index in [-0.39, 0.29) is 11.4 Å². The average molecular weight is 624 g/mol. The summed E-state index contributed by atoms with van der Waals surface area (Å²) in [5, 5.41) is 7.78. The summed E-state index contributed by atoms with van der Waals surface area (Å²) in [4.78, 5) is 39.5. The van der Waals surface area contributed by atoms with E-state index < -0.39 is 34.7 Å². The van der Waals surface area contributed by atoms with Crippen molar-refractivity contribution in [3.05, 3.63) is 131 Å². The van der Waals surface area contributed by atoms with Crippen LogP contribution in [0.1, 0.15) is 28.4 Å². The number of carbonyl (C=O) groups is 3. The van der Waals surface area contributed by atoms with E-state index in [1.807, 2.05) is 0 Å². The SMILES string of the molecule is CC(Sc1cccc(NC(=O)/C(=C/c2ccc(Cl)cc2)NC(=O)c2ccccc2)c1)C(=O)Nc1cccc(C(F)(F)F)c1. The second-order valence-corrected chi connectivity index (χ2v) is 11.1. The van der Waals surface area contributed by atoms with Crippen LogP contribution in [-0.4, -0.2) is 23.0 Å². The average Bonchev–Trinajstić information content (AvgIpc) is 2.98. The molecule has 0 aromatic heterocycles. The van der Waals surface area contributed by atoms with Crippen molar-refractivity contribution < 1.29 is 27.6 Å². The van der Waals surface area contributed by atoms with Gasteiger partial charge in [-0.05, 0) is 79.2 Å². The predicted octanol–water partition coefficient (Wildman–Crippen LogP) is 7.89. The zero-order chi connectivity index (χ0) is 31.0. The molecule has 220 valence electrons. The van der Waals surface area contributed by atoms with E-state index in [2.05, 4.69) is 16.0 Å². The van der Waals surface area contributed by atoms with Crippen molar-refractivity contribution in [3.8, 4) is 0 Å². The van der Waals surface area contributed by atoms with Crippen LogP contribution in [0.4, 0.5) is 24.5 Å². The van der Waals surface area contributed by atoms with Crippen molar-refractivity contribution >= 4 is 58.5 Å². The fourth-order valence-electron chi connectivity index (χ4n) is 3.79. The number of halogens is 4. The molecule has 0 bridgehead atoms. The van der Waals surface area contributed by atoms with E-state index in [4.69, 9.17) is 11.6 Å². The Labute approximate surface area is 255 Å². The minimum atomic E-state index is -4.53. The minimum absolute atomic E-state index is 0.0111. The summed E-state index contributed by atoms with van der Waals surface area (Å²) in [6, 6.07) is 26.3. The van der Waals surface area contributed by atoms with Crippen LogP contribution in [0.25, 0.3) is 6.08 Å². The Bertz CT molecular complexity index is 1650. The summed E-state index contributed by atoms with van der Waals surface area (Å²) >= 11 is 7.14. The molecule has 0 aliphatic carbocycles. The Hall–Kier alpha value is -4.54. The quantitative estimate of drug-likeness (QED) is 0.131. The van der Waals surface area contributed by atoms with Crippen molar-refractivity contribution in [2.45, 2.75) is 23.2 Å². The van der Waals surface area contributed by atoms with Crippen LogP contribution in [0, 0.1) is 0 Å². The van der Waals surface area contributed by atoms with Crippen molar-refractivity contribution in [1.82, 2.24) is 5.32 Å². The van der Waals surface area contributed by atoms with E-state index in [1.54, 1.807) is 85.8 Å². The molecule has 11 heteroatoms. The fraction of sp³-hybridized carbons (Fsp3) is 0.0938. The van der Waals surface area contributed by atoms with E-state index in [1.165, 1.54) is 18.2 Å². The Morgan fingerprint density at radius 3 is 2.14 bits per heavy atom. The highest BCUT2D eigenvalue weighted by Gasteiger charge is 2.30. The lowest BCUT2D eigenvalue weighted by Crippen LogP contribution is -2.30. The highest BCUT2D eigenvalue weighted by atomic mass is 35.5. The van der Waals surface area contributed by atoms with Crippen molar-refractivity contribution in [1.29, 1.82) is 0 Å². The molecule has 0 aliphatic heterocycles. The molecule has 0 heterocycles. The molecule has 4 rings (SSSR count). The van der Waals surface area contributed by atoms with Gasteiger partial charge in [0, 0.05) is 26.9 Å². The lowest BCUT2D eigenvalue weighted by atomic mass is 10.1. The molecule has 6 nitrogen and oxygen atoms in total. The molecule has 0 saturated heterocycles. The third-order valence-corrected chi connectivity index (χ3v) is 7.29. The molecule has 1 atom stereocenters. The largest absolute Gasteiger partial charge is 0.416 e. The van der Waals surface area contributed by atoms with Crippen LogP contribution in [0.15, 0.2) is 114 Å². The molecule has 3 N–H and O–H groups in total. The van der Waals surface area contributed by atoms with Crippen LogP contribution in [0.3, 0.4) is 0 Å². The Kier molecular flexibility index (Phi) is 10.3. The van der Waals surface area contributed by atoms with E-state index in [9.17, 15) is 27.6 Å². The maximum Gasteiger partial charge on any atom is 0.416 e. The number of carbonyl (C=O) groups excluding carboxylic acids is 3. The van der Waals surface area contributed by atoms with Gasteiger partial charge < -0.3 is 16.0 Å². The molecule has 3 amide bonds. The number of nitrogens with one attached hydrogen (secondary N) is 3. The normalized spacial score (nSPS) is 12.3. The van der Waals surface area contributed by atoms with Gasteiger partial charge in [-0.25, -0.2) is 0 Å². The van der Waals surface area contributed by atoms with E-state index in [0.29, 0.717) is 26.7 Å². The van der Waals surface area contributed by atoms with Crippen LogP contribution in [0.2, 0.25) is 5.02 Å². The van der Waals surface area contributed by atoms with E-state index >= 15 is 0 Å². The first-order chi connectivity index (χ1) is 20.5. The molecule has 0 fully saturated rings. The third kappa shape index (κ3) is 9.22. The second kappa shape index (κ2) is 14.1. The van der Waals surface area contributed by atoms with Gasteiger partial charge in [-0.15, -0.1) is 11.8 Å². The van der Waals surface area contributed by atoms with Gasteiger partial charge in [-0.1, -0.05) is 54.1 Å². The first-order valence-corrected chi connectivity index (χ1v) is 14.1. The summed E-state index contributed by atoms with van der Waals surface area (Å²) in [5.74, 6) is -1.55. The Morgan fingerprint density at radius 1 is 0.814 bits per heavy atom. The number of anilines is 2. The summed E-state index contributed by atoms with van der Waals surface area (Å²) in [5.41, 5.74) is 0.560. The van der Waals surface area contributed by atoms with Crippen molar-refractivity contribution in [2.24, 2.45) is 0 Å². The van der Waals surface area contributed by atoms with Crippen molar-refractivity contribution in [2.75, 3.05) is 10.6 Å². The first-order valence-electron chi connectivity index (χ1n) is 12.9. The van der Waals surface area contributed by atoms with Gasteiger partial charge in [0.2, 0.25) is 5.91 Å². The summed E-state index contributed by atoms with van der Waals surface area (Å²) in [6.07, 6.45) is -3.01. The molecular formula is C32H25ClF3N3O3S. The van der Waals surface area contributed by atoms with Gasteiger partial charge in [0.1, 0.15) is 5.70 Å². The smallest absolute Gasteiger partial charge is 0.325 e. The minimum Gasteiger partial charge on any atom is -0.325 e. The Balaban J connectivity index is 1.46. The molecule has 0 saturated carbocycles. The highest BCUT2D eigenvalue weighted by molar-refractivity contribution is 8.00. The molecule has 4 aromatic rings. The molecule has 4 aromatic carbocycles.